The van der Waals surface area contributed by atoms with E-state index in [4.69, 9.17) is 4.74 Å². The van der Waals surface area contributed by atoms with Crippen molar-refractivity contribution in [1.82, 2.24) is 20.3 Å². The summed E-state index contributed by atoms with van der Waals surface area (Å²) in [5.74, 6) is 0.539. The fourth-order valence-corrected chi connectivity index (χ4v) is 4.39. The van der Waals surface area contributed by atoms with Crippen LogP contribution in [0.25, 0.3) is 0 Å². The Kier molecular flexibility index (Phi) is 8.26. The van der Waals surface area contributed by atoms with Crippen LogP contribution in [0, 0.1) is 13.8 Å². The van der Waals surface area contributed by atoms with E-state index in [2.05, 4.69) is 25.3 Å². The van der Waals surface area contributed by atoms with E-state index in [1.165, 1.54) is 4.88 Å². The van der Waals surface area contributed by atoms with Crippen molar-refractivity contribution >= 4 is 27.3 Å². The summed E-state index contributed by atoms with van der Waals surface area (Å²) in [6, 6.07) is 0. The van der Waals surface area contributed by atoms with E-state index < -0.39 is 10.0 Å². The molecule has 1 aliphatic heterocycles. The number of thiazole rings is 1. The highest BCUT2D eigenvalue weighted by atomic mass is 32.2. The number of sulfonamides is 1. The molecule has 1 fully saturated rings. The smallest absolute Gasteiger partial charge is 0.213 e. The molecule has 0 amide bonds. The molecular weight excluding hydrogens is 374 g/mol. The normalized spacial score (nSPS) is 18.7. The molecule has 1 saturated heterocycles. The zero-order chi connectivity index (χ0) is 19.0. The molecule has 1 aromatic heterocycles. The average Bonchev–Trinajstić information content (AvgIpc) is 2.95. The number of hydrogen-bond acceptors (Lipinski definition) is 6. The van der Waals surface area contributed by atoms with E-state index >= 15 is 0 Å². The third-order valence-corrected chi connectivity index (χ3v) is 6.59. The minimum atomic E-state index is -3.34. The summed E-state index contributed by atoms with van der Waals surface area (Å²) in [6.45, 7) is 5.92. The largest absolute Gasteiger partial charge is 0.377 e. The quantitative estimate of drug-likeness (QED) is 0.440. The number of aliphatic imine (C=N–C) groups is 1. The zero-order valence-corrected chi connectivity index (χ0v) is 17.3. The van der Waals surface area contributed by atoms with Crippen LogP contribution in [0.15, 0.2) is 4.99 Å². The summed E-state index contributed by atoms with van der Waals surface area (Å²) in [6.07, 6.45) is 3.05. The Balaban J connectivity index is 1.68. The van der Waals surface area contributed by atoms with Crippen LogP contribution in [0.5, 0.6) is 0 Å². The van der Waals surface area contributed by atoms with Crippen LogP contribution < -0.4 is 15.4 Å². The lowest BCUT2D eigenvalue weighted by Crippen LogP contribution is -2.42. The van der Waals surface area contributed by atoms with E-state index in [1.807, 2.05) is 13.8 Å². The van der Waals surface area contributed by atoms with Gasteiger partial charge < -0.3 is 15.4 Å². The van der Waals surface area contributed by atoms with Gasteiger partial charge in [-0.2, -0.15) is 0 Å². The third kappa shape index (κ3) is 7.18. The first-order valence-corrected chi connectivity index (χ1v) is 11.3. The molecule has 1 atom stereocenters. The predicted octanol–water partition coefficient (Wildman–Crippen LogP) is 0.913. The second-order valence-corrected chi connectivity index (χ2v) is 9.47. The Morgan fingerprint density at radius 1 is 1.35 bits per heavy atom. The summed E-state index contributed by atoms with van der Waals surface area (Å²) < 4.78 is 32.3. The van der Waals surface area contributed by atoms with Crippen LogP contribution in [-0.2, 0) is 21.3 Å². The molecule has 8 nitrogen and oxygen atoms in total. The van der Waals surface area contributed by atoms with Gasteiger partial charge in [0.2, 0.25) is 10.0 Å². The summed E-state index contributed by atoms with van der Waals surface area (Å²) >= 11 is 1.64. The molecule has 0 radical (unpaired) electrons. The molecule has 26 heavy (non-hydrogen) atoms. The summed E-state index contributed by atoms with van der Waals surface area (Å²) in [4.78, 5) is 9.77. The zero-order valence-electron chi connectivity index (χ0n) is 15.7. The second-order valence-electron chi connectivity index (χ2n) is 6.26. The fraction of sp³-hybridized carbons (Fsp3) is 0.750. The van der Waals surface area contributed by atoms with Crippen molar-refractivity contribution in [3.63, 3.8) is 0 Å². The number of aromatic nitrogens is 1. The van der Waals surface area contributed by atoms with E-state index in [0.29, 0.717) is 25.7 Å². The van der Waals surface area contributed by atoms with Crippen molar-refractivity contribution in [3.05, 3.63) is 15.6 Å². The maximum atomic E-state index is 12.1. The molecule has 3 N–H and O–H groups in total. The molecule has 148 valence electrons. The van der Waals surface area contributed by atoms with Crippen LogP contribution in [0.1, 0.15) is 34.8 Å². The van der Waals surface area contributed by atoms with Gasteiger partial charge in [0, 0.05) is 31.6 Å². The standard InChI is InChI=1S/C16H29N5O3S2/c1-12-13(2)25-15(21-12)11-19-16(17-3)18-7-9-26(22,23)20-10-14-6-4-5-8-24-14/h14,20H,4-11H2,1-3H3,(H2,17,18,19). The number of aryl methyl sites for hydroxylation is 2. The van der Waals surface area contributed by atoms with Crippen molar-refractivity contribution in [3.8, 4) is 0 Å². The van der Waals surface area contributed by atoms with Crippen molar-refractivity contribution in [2.75, 3.05) is 32.5 Å². The molecule has 1 aliphatic rings. The first kappa shape index (κ1) is 21.1. The number of guanidine groups is 1. The Bertz CT molecular complexity index is 677. The average molecular weight is 404 g/mol. The van der Waals surface area contributed by atoms with Gasteiger partial charge in [-0.15, -0.1) is 11.3 Å². The number of nitrogens with zero attached hydrogens (tertiary/aromatic N) is 2. The van der Waals surface area contributed by atoms with Gasteiger partial charge in [-0.25, -0.2) is 18.1 Å². The first-order valence-electron chi connectivity index (χ1n) is 8.86. The summed E-state index contributed by atoms with van der Waals surface area (Å²) in [7, 11) is -1.69. The second kappa shape index (κ2) is 10.2. The van der Waals surface area contributed by atoms with Gasteiger partial charge in [0.25, 0.3) is 0 Å². The van der Waals surface area contributed by atoms with Gasteiger partial charge >= 0.3 is 0 Å². The van der Waals surface area contributed by atoms with Gasteiger partial charge in [-0.05, 0) is 33.1 Å². The van der Waals surface area contributed by atoms with Crippen LogP contribution in [0.2, 0.25) is 0 Å². The van der Waals surface area contributed by atoms with E-state index in [0.717, 1.165) is 30.0 Å². The Morgan fingerprint density at radius 2 is 2.15 bits per heavy atom. The number of rotatable bonds is 8. The van der Waals surface area contributed by atoms with Gasteiger partial charge in [0.1, 0.15) is 5.01 Å². The van der Waals surface area contributed by atoms with Crippen LogP contribution in [0.3, 0.4) is 0 Å². The first-order chi connectivity index (χ1) is 12.4. The molecule has 0 bridgehead atoms. The number of hydrogen-bond donors (Lipinski definition) is 3. The topological polar surface area (TPSA) is 105 Å². The molecule has 2 rings (SSSR count). The van der Waals surface area contributed by atoms with Gasteiger partial charge in [-0.3, -0.25) is 4.99 Å². The maximum Gasteiger partial charge on any atom is 0.213 e. The lowest BCUT2D eigenvalue weighted by Gasteiger charge is -2.22. The highest BCUT2D eigenvalue weighted by Crippen LogP contribution is 2.15. The minimum Gasteiger partial charge on any atom is -0.377 e. The fourth-order valence-electron chi connectivity index (χ4n) is 2.56. The van der Waals surface area contributed by atoms with Gasteiger partial charge in [0.05, 0.1) is 24.1 Å². The maximum absolute atomic E-state index is 12.1. The van der Waals surface area contributed by atoms with Gasteiger partial charge in [-0.1, -0.05) is 0 Å². The third-order valence-electron chi connectivity index (χ3n) is 4.17. The van der Waals surface area contributed by atoms with E-state index in [9.17, 15) is 8.42 Å². The summed E-state index contributed by atoms with van der Waals surface area (Å²) in [5.41, 5.74) is 1.04. The van der Waals surface area contributed by atoms with Crippen LogP contribution >= 0.6 is 11.3 Å². The predicted molar refractivity (Wildman–Crippen MR) is 105 cm³/mol. The van der Waals surface area contributed by atoms with E-state index in [1.54, 1.807) is 18.4 Å². The SMILES string of the molecule is CN=C(NCCS(=O)(=O)NCC1CCCCO1)NCc1nc(C)c(C)s1. The Morgan fingerprint density at radius 3 is 2.77 bits per heavy atom. The Labute approximate surface area is 159 Å². The monoisotopic (exact) mass is 403 g/mol. The molecular formula is C16H29N5O3S2. The molecule has 0 saturated carbocycles. The molecule has 1 unspecified atom stereocenters. The molecule has 10 heteroatoms. The molecule has 1 aromatic rings. The van der Waals surface area contributed by atoms with Crippen molar-refractivity contribution in [1.29, 1.82) is 0 Å². The van der Waals surface area contributed by atoms with Gasteiger partial charge in [0.15, 0.2) is 5.96 Å². The minimum absolute atomic E-state index is 0.00822. The lowest BCUT2D eigenvalue weighted by molar-refractivity contribution is 0.0200. The Hall–Kier alpha value is -1.23. The summed E-state index contributed by atoms with van der Waals surface area (Å²) in [5, 5.41) is 7.14. The van der Waals surface area contributed by atoms with Crippen LogP contribution in [0.4, 0.5) is 0 Å². The number of ether oxygens (including phenoxy) is 1. The molecule has 0 aromatic carbocycles. The highest BCUT2D eigenvalue weighted by molar-refractivity contribution is 7.89. The molecule has 0 aliphatic carbocycles. The lowest BCUT2D eigenvalue weighted by atomic mass is 10.1. The highest BCUT2D eigenvalue weighted by Gasteiger charge is 2.17. The number of nitrogens with one attached hydrogen (secondary N) is 3. The van der Waals surface area contributed by atoms with Crippen LogP contribution in [-0.4, -0.2) is 58.0 Å². The van der Waals surface area contributed by atoms with E-state index in [-0.39, 0.29) is 18.4 Å². The molecule has 2 heterocycles. The van der Waals surface area contributed by atoms with Crippen molar-refractivity contribution < 1.29 is 13.2 Å². The van der Waals surface area contributed by atoms with Crippen molar-refractivity contribution in [2.24, 2.45) is 4.99 Å². The molecule has 0 spiro atoms. The van der Waals surface area contributed by atoms with Crippen molar-refractivity contribution in [2.45, 2.75) is 45.8 Å².